The van der Waals surface area contributed by atoms with Gasteiger partial charge in [0.15, 0.2) is 0 Å². The van der Waals surface area contributed by atoms with E-state index in [1.54, 1.807) is 0 Å². The minimum Gasteiger partial charge on any atom is -0.491 e. The Morgan fingerprint density at radius 2 is 1.89 bits per heavy atom. The summed E-state index contributed by atoms with van der Waals surface area (Å²) in [6, 6.07) is 9.13. The summed E-state index contributed by atoms with van der Waals surface area (Å²) in [6.45, 7) is 6.54. The van der Waals surface area contributed by atoms with E-state index in [0.29, 0.717) is 12.1 Å². The lowest BCUT2D eigenvalue weighted by molar-refractivity contribution is 0.0961. The van der Waals surface area contributed by atoms with Crippen molar-refractivity contribution in [3.8, 4) is 5.75 Å². The fraction of sp³-hybridized carbons (Fsp3) is 0.625. The van der Waals surface area contributed by atoms with Crippen molar-refractivity contribution in [3.05, 3.63) is 24.3 Å². The van der Waals surface area contributed by atoms with Crippen molar-refractivity contribution < 1.29 is 4.74 Å². The van der Waals surface area contributed by atoms with Crippen molar-refractivity contribution in [2.24, 2.45) is 0 Å². The molecule has 0 bridgehead atoms. The molecule has 1 aromatic rings. The summed E-state index contributed by atoms with van der Waals surface area (Å²) in [5.74, 6) is 0.808. The van der Waals surface area contributed by atoms with Crippen LogP contribution in [0.25, 0.3) is 0 Å². The lowest BCUT2D eigenvalue weighted by Crippen LogP contribution is -2.44. The van der Waals surface area contributed by atoms with Gasteiger partial charge in [0.25, 0.3) is 0 Å². The highest BCUT2D eigenvalue weighted by Crippen LogP contribution is 2.23. The van der Waals surface area contributed by atoms with Crippen LogP contribution in [-0.2, 0) is 0 Å². The second-order valence-corrected chi connectivity index (χ2v) is 5.61. The number of hydrogen-bond donors (Lipinski definition) is 1. The first kappa shape index (κ1) is 14.2. The third-order valence-electron chi connectivity index (χ3n) is 4.11. The van der Waals surface area contributed by atoms with Crippen molar-refractivity contribution in [1.29, 1.82) is 0 Å². The SMILES string of the molecule is CC1CCCC(C)N1CCCOc1ccccc1N. The summed E-state index contributed by atoms with van der Waals surface area (Å²) in [6.07, 6.45) is 5.09. The Kier molecular flexibility index (Phi) is 5.08. The first-order chi connectivity index (χ1) is 9.18. The van der Waals surface area contributed by atoms with Crippen LogP contribution in [0, 0.1) is 0 Å². The van der Waals surface area contributed by atoms with Crippen molar-refractivity contribution in [2.75, 3.05) is 18.9 Å². The Hall–Kier alpha value is -1.22. The van der Waals surface area contributed by atoms with Crippen LogP contribution in [0.5, 0.6) is 5.75 Å². The monoisotopic (exact) mass is 262 g/mol. The topological polar surface area (TPSA) is 38.5 Å². The second kappa shape index (κ2) is 6.80. The highest BCUT2D eigenvalue weighted by Gasteiger charge is 2.23. The molecule has 1 heterocycles. The van der Waals surface area contributed by atoms with Gasteiger partial charge in [-0.2, -0.15) is 0 Å². The molecule has 1 fully saturated rings. The summed E-state index contributed by atoms with van der Waals surface area (Å²) in [5, 5.41) is 0. The van der Waals surface area contributed by atoms with E-state index in [0.717, 1.165) is 31.0 Å². The van der Waals surface area contributed by atoms with Gasteiger partial charge >= 0.3 is 0 Å². The van der Waals surface area contributed by atoms with Gasteiger partial charge < -0.3 is 10.5 Å². The zero-order valence-corrected chi connectivity index (χ0v) is 12.1. The number of benzene rings is 1. The van der Waals surface area contributed by atoms with E-state index in [2.05, 4.69) is 18.7 Å². The summed E-state index contributed by atoms with van der Waals surface area (Å²) in [7, 11) is 0. The second-order valence-electron chi connectivity index (χ2n) is 5.61. The van der Waals surface area contributed by atoms with Gasteiger partial charge in [-0.1, -0.05) is 18.6 Å². The Balaban J connectivity index is 1.73. The molecule has 3 heteroatoms. The maximum atomic E-state index is 5.85. The van der Waals surface area contributed by atoms with Gasteiger partial charge in [0.05, 0.1) is 12.3 Å². The van der Waals surface area contributed by atoms with E-state index in [9.17, 15) is 0 Å². The number of rotatable bonds is 5. The quantitative estimate of drug-likeness (QED) is 0.653. The molecule has 0 radical (unpaired) electrons. The Morgan fingerprint density at radius 1 is 1.21 bits per heavy atom. The van der Waals surface area contributed by atoms with Crippen LogP contribution in [-0.4, -0.2) is 30.1 Å². The van der Waals surface area contributed by atoms with Crippen LogP contribution in [0.3, 0.4) is 0 Å². The molecule has 0 saturated carbocycles. The van der Waals surface area contributed by atoms with Crippen molar-refractivity contribution in [2.45, 2.75) is 51.6 Å². The van der Waals surface area contributed by atoms with Crippen LogP contribution in [0.1, 0.15) is 39.5 Å². The number of hydrogen-bond acceptors (Lipinski definition) is 3. The molecular weight excluding hydrogens is 236 g/mol. The molecule has 2 N–H and O–H groups in total. The maximum Gasteiger partial charge on any atom is 0.142 e. The Labute approximate surface area is 116 Å². The third kappa shape index (κ3) is 3.87. The van der Waals surface area contributed by atoms with Gasteiger partial charge in [0.1, 0.15) is 5.75 Å². The normalized spacial score (nSPS) is 24.3. The van der Waals surface area contributed by atoms with Gasteiger partial charge in [-0.3, -0.25) is 4.90 Å². The molecule has 0 amide bonds. The highest BCUT2D eigenvalue weighted by molar-refractivity contribution is 5.51. The largest absolute Gasteiger partial charge is 0.491 e. The molecule has 106 valence electrons. The third-order valence-corrected chi connectivity index (χ3v) is 4.11. The Bertz CT molecular complexity index is 384. The molecule has 0 aliphatic carbocycles. The molecule has 0 spiro atoms. The predicted molar refractivity (Wildman–Crippen MR) is 80.4 cm³/mol. The zero-order valence-electron chi connectivity index (χ0n) is 12.1. The number of anilines is 1. The number of nitrogen functional groups attached to an aromatic ring is 1. The molecule has 1 aromatic carbocycles. The van der Waals surface area contributed by atoms with Crippen LogP contribution in [0.15, 0.2) is 24.3 Å². The van der Waals surface area contributed by atoms with E-state index in [4.69, 9.17) is 10.5 Å². The molecular formula is C16H26N2O. The fourth-order valence-electron chi connectivity index (χ4n) is 2.96. The van der Waals surface area contributed by atoms with Crippen molar-refractivity contribution in [1.82, 2.24) is 4.90 Å². The van der Waals surface area contributed by atoms with E-state index in [-0.39, 0.29) is 0 Å². The first-order valence-corrected chi connectivity index (χ1v) is 7.41. The van der Waals surface area contributed by atoms with Gasteiger partial charge in [0.2, 0.25) is 0 Å². The van der Waals surface area contributed by atoms with Gasteiger partial charge in [-0.15, -0.1) is 0 Å². The highest BCUT2D eigenvalue weighted by atomic mass is 16.5. The number of likely N-dealkylation sites (tertiary alicyclic amines) is 1. The molecule has 1 saturated heterocycles. The average molecular weight is 262 g/mol. The summed E-state index contributed by atoms with van der Waals surface area (Å²) >= 11 is 0. The van der Waals surface area contributed by atoms with Crippen LogP contribution in [0.2, 0.25) is 0 Å². The molecule has 2 rings (SSSR count). The molecule has 0 aromatic heterocycles. The van der Waals surface area contributed by atoms with Crippen LogP contribution < -0.4 is 10.5 Å². The maximum absolute atomic E-state index is 5.85. The van der Waals surface area contributed by atoms with Crippen LogP contribution >= 0.6 is 0 Å². The Morgan fingerprint density at radius 3 is 2.58 bits per heavy atom. The minimum atomic E-state index is 0.713. The molecule has 1 aliphatic heterocycles. The van der Waals surface area contributed by atoms with E-state index in [1.165, 1.54) is 19.3 Å². The van der Waals surface area contributed by atoms with E-state index < -0.39 is 0 Å². The summed E-state index contributed by atoms with van der Waals surface area (Å²) in [5.41, 5.74) is 6.58. The molecule has 2 atom stereocenters. The number of para-hydroxylation sites is 2. The van der Waals surface area contributed by atoms with Gasteiger partial charge in [-0.25, -0.2) is 0 Å². The van der Waals surface area contributed by atoms with E-state index in [1.807, 2.05) is 24.3 Å². The van der Waals surface area contributed by atoms with Crippen LogP contribution in [0.4, 0.5) is 5.69 Å². The number of nitrogens with two attached hydrogens (primary N) is 1. The molecule has 1 aliphatic rings. The summed E-state index contributed by atoms with van der Waals surface area (Å²) < 4.78 is 5.75. The average Bonchev–Trinajstić information content (AvgIpc) is 2.39. The lowest BCUT2D eigenvalue weighted by Gasteiger charge is -2.39. The molecule has 19 heavy (non-hydrogen) atoms. The van der Waals surface area contributed by atoms with Crippen molar-refractivity contribution >= 4 is 5.69 Å². The lowest BCUT2D eigenvalue weighted by atomic mass is 9.97. The first-order valence-electron chi connectivity index (χ1n) is 7.41. The summed E-state index contributed by atoms with van der Waals surface area (Å²) in [4.78, 5) is 2.61. The zero-order chi connectivity index (χ0) is 13.7. The van der Waals surface area contributed by atoms with E-state index >= 15 is 0 Å². The smallest absolute Gasteiger partial charge is 0.142 e. The molecule has 3 nitrogen and oxygen atoms in total. The standard InChI is InChI=1S/C16H26N2O/c1-13-7-5-8-14(2)18(13)11-6-12-19-16-10-4-3-9-15(16)17/h3-4,9-10,13-14H,5-8,11-12,17H2,1-2H3. The fourth-order valence-corrected chi connectivity index (χ4v) is 2.96. The number of ether oxygens (including phenoxy) is 1. The predicted octanol–water partition coefficient (Wildman–Crippen LogP) is 3.30. The number of piperidine rings is 1. The van der Waals surface area contributed by atoms with Gasteiger partial charge in [0, 0.05) is 18.6 Å². The van der Waals surface area contributed by atoms with Crippen molar-refractivity contribution in [3.63, 3.8) is 0 Å². The minimum absolute atomic E-state index is 0.713. The van der Waals surface area contributed by atoms with Gasteiger partial charge in [-0.05, 0) is 45.2 Å². The molecule has 2 unspecified atom stereocenters. The number of nitrogens with zero attached hydrogens (tertiary/aromatic N) is 1.